The molecule has 0 aromatic heterocycles. The van der Waals surface area contributed by atoms with Gasteiger partial charge in [0.1, 0.15) is 5.60 Å². The Morgan fingerprint density at radius 3 is 2.71 bits per heavy atom. The van der Waals surface area contributed by atoms with Gasteiger partial charge in [-0.2, -0.15) is 11.8 Å². The minimum Gasteiger partial charge on any atom is -0.444 e. The molecule has 0 spiro atoms. The Hall–Kier alpha value is -0.710. The van der Waals surface area contributed by atoms with Gasteiger partial charge in [0.25, 0.3) is 0 Å². The van der Waals surface area contributed by atoms with Crippen molar-refractivity contribution in [1.82, 2.24) is 4.90 Å². The summed E-state index contributed by atoms with van der Waals surface area (Å²) < 4.78 is 5.31. The minimum atomic E-state index is -0.507. The fraction of sp³-hybridized carbons (Fsp3) is 0.833. The molecular weight excluding hydrogens is 238 g/mol. The number of likely N-dealkylation sites (tertiary alicyclic amines) is 1. The third kappa shape index (κ3) is 4.22. The highest BCUT2D eigenvalue weighted by Crippen LogP contribution is 2.21. The van der Waals surface area contributed by atoms with Gasteiger partial charge in [-0.1, -0.05) is 0 Å². The Morgan fingerprint density at radius 1 is 1.53 bits per heavy atom. The molecule has 1 rings (SSSR count). The number of thioether (sulfide) groups is 1. The van der Waals surface area contributed by atoms with Crippen molar-refractivity contribution in [3.8, 4) is 0 Å². The number of rotatable bonds is 3. The van der Waals surface area contributed by atoms with Gasteiger partial charge < -0.3 is 4.74 Å². The smallest absolute Gasteiger partial charge is 0.410 e. The van der Waals surface area contributed by atoms with E-state index in [9.17, 15) is 9.59 Å². The molecular formula is C12H21NO3S. The lowest BCUT2D eigenvalue weighted by atomic mass is 10.1. The number of carbonyl (C=O) groups is 2. The molecule has 1 heterocycles. The maximum Gasteiger partial charge on any atom is 0.410 e. The summed E-state index contributed by atoms with van der Waals surface area (Å²) in [5.74, 6) is 1.04. The molecule has 4 nitrogen and oxygen atoms in total. The molecule has 1 fully saturated rings. The van der Waals surface area contributed by atoms with Crippen molar-refractivity contribution in [3.63, 3.8) is 0 Å². The van der Waals surface area contributed by atoms with E-state index in [-0.39, 0.29) is 17.9 Å². The predicted octanol–water partition coefficient (Wildman–Crippen LogP) is 2.32. The van der Waals surface area contributed by atoms with Crippen molar-refractivity contribution >= 4 is 23.6 Å². The van der Waals surface area contributed by atoms with E-state index in [1.165, 1.54) is 0 Å². The molecule has 0 N–H and O–H groups in total. The summed E-state index contributed by atoms with van der Waals surface area (Å²) in [5, 5.41) is 0. The monoisotopic (exact) mass is 259 g/mol. The van der Waals surface area contributed by atoms with Crippen LogP contribution in [0.25, 0.3) is 0 Å². The second-order valence-electron chi connectivity index (χ2n) is 5.19. The van der Waals surface area contributed by atoms with Crippen LogP contribution in [0.1, 0.15) is 33.6 Å². The lowest BCUT2D eigenvalue weighted by Gasteiger charge is -2.27. The number of hydrogen-bond donors (Lipinski definition) is 0. The van der Waals surface area contributed by atoms with Crippen molar-refractivity contribution < 1.29 is 14.3 Å². The van der Waals surface area contributed by atoms with Crippen LogP contribution in [0.2, 0.25) is 0 Å². The third-order valence-electron chi connectivity index (χ3n) is 2.57. The maximum absolute atomic E-state index is 11.9. The number of ketones is 1. The Labute approximate surface area is 107 Å². The molecule has 1 amide bonds. The fourth-order valence-electron chi connectivity index (χ4n) is 1.81. The highest BCUT2D eigenvalue weighted by Gasteiger charge is 2.37. The van der Waals surface area contributed by atoms with Crippen LogP contribution in [0, 0.1) is 0 Å². The molecule has 0 saturated carbocycles. The number of hydrogen-bond acceptors (Lipinski definition) is 4. The van der Waals surface area contributed by atoms with Crippen LogP contribution in [0.3, 0.4) is 0 Å². The molecule has 98 valence electrons. The summed E-state index contributed by atoms with van der Waals surface area (Å²) in [6.45, 7) is 5.99. The second kappa shape index (κ2) is 5.76. The predicted molar refractivity (Wildman–Crippen MR) is 69.4 cm³/mol. The number of ether oxygens (including phenoxy) is 1. The molecule has 0 aromatic rings. The van der Waals surface area contributed by atoms with E-state index in [4.69, 9.17) is 4.74 Å². The molecule has 5 heteroatoms. The van der Waals surface area contributed by atoms with Crippen LogP contribution in [0.5, 0.6) is 0 Å². The zero-order valence-corrected chi connectivity index (χ0v) is 11.8. The summed E-state index contributed by atoms with van der Waals surface area (Å²) in [4.78, 5) is 25.2. The number of Topliss-reactive ketones (excluding diaryl/α,β-unsaturated/α-hetero) is 1. The van der Waals surface area contributed by atoms with Crippen LogP contribution >= 0.6 is 11.8 Å². The average molecular weight is 259 g/mol. The summed E-state index contributed by atoms with van der Waals surface area (Å²) in [6, 6.07) is -0.280. The van der Waals surface area contributed by atoms with Gasteiger partial charge in [-0.3, -0.25) is 9.69 Å². The standard InChI is InChI=1S/C12H21NO3S/c1-12(2,3)16-11(15)13-7-5-10(14)9(13)6-8-17-4/h9H,5-8H2,1-4H3/t9-/m0/s1. The second-order valence-corrected chi connectivity index (χ2v) is 6.17. The first kappa shape index (κ1) is 14.4. The first-order valence-corrected chi connectivity index (χ1v) is 7.26. The zero-order valence-electron chi connectivity index (χ0n) is 11.0. The Morgan fingerprint density at radius 2 is 2.18 bits per heavy atom. The first-order chi connectivity index (χ1) is 7.85. The SMILES string of the molecule is CSCC[C@H]1C(=O)CCN1C(=O)OC(C)(C)C. The van der Waals surface area contributed by atoms with Gasteiger partial charge >= 0.3 is 6.09 Å². The summed E-state index contributed by atoms with van der Waals surface area (Å²) in [6.07, 6.45) is 2.81. The zero-order chi connectivity index (χ0) is 13.1. The van der Waals surface area contributed by atoms with Crippen LogP contribution < -0.4 is 0 Å². The molecule has 1 saturated heterocycles. The van der Waals surface area contributed by atoms with Crippen molar-refractivity contribution in [2.75, 3.05) is 18.6 Å². The Kier molecular flexibility index (Phi) is 4.86. The molecule has 17 heavy (non-hydrogen) atoms. The lowest BCUT2D eigenvalue weighted by Crippen LogP contribution is -2.41. The van der Waals surface area contributed by atoms with Crippen molar-refractivity contribution in [2.24, 2.45) is 0 Å². The van der Waals surface area contributed by atoms with E-state index in [0.29, 0.717) is 13.0 Å². The topological polar surface area (TPSA) is 46.6 Å². The number of amides is 1. The maximum atomic E-state index is 11.9. The van der Waals surface area contributed by atoms with E-state index < -0.39 is 5.60 Å². The van der Waals surface area contributed by atoms with Crippen LogP contribution in [0.15, 0.2) is 0 Å². The van der Waals surface area contributed by atoms with Crippen LogP contribution in [0.4, 0.5) is 4.79 Å². The lowest BCUT2D eigenvalue weighted by molar-refractivity contribution is -0.120. The average Bonchev–Trinajstić information content (AvgIpc) is 2.54. The molecule has 1 atom stereocenters. The van der Waals surface area contributed by atoms with E-state index in [2.05, 4.69) is 0 Å². The quantitative estimate of drug-likeness (QED) is 0.780. The van der Waals surface area contributed by atoms with Crippen molar-refractivity contribution in [2.45, 2.75) is 45.3 Å². The molecule has 1 aliphatic rings. The Balaban J connectivity index is 2.62. The largest absolute Gasteiger partial charge is 0.444 e. The number of nitrogens with zero attached hydrogens (tertiary/aromatic N) is 1. The van der Waals surface area contributed by atoms with Gasteiger partial charge in [0.2, 0.25) is 0 Å². The summed E-state index contributed by atoms with van der Waals surface area (Å²) >= 11 is 1.69. The van der Waals surface area contributed by atoms with Gasteiger partial charge in [0.05, 0.1) is 6.04 Å². The van der Waals surface area contributed by atoms with E-state index in [0.717, 1.165) is 12.2 Å². The van der Waals surface area contributed by atoms with Gasteiger partial charge in [0, 0.05) is 13.0 Å². The minimum absolute atomic E-state index is 0.157. The summed E-state index contributed by atoms with van der Waals surface area (Å²) in [5.41, 5.74) is -0.507. The normalized spacial score (nSPS) is 20.8. The molecule has 0 aliphatic carbocycles. The van der Waals surface area contributed by atoms with E-state index >= 15 is 0 Å². The van der Waals surface area contributed by atoms with Gasteiger partial charge in [0.15, 0.2) is 5.78 Å². The first-order valence-electron chi connectivity index (χ1n) is 5.86. The highest BCUT2D eigenvalue weighted by atomic mass is 32.2. The highest BCUT2D eigenvalue weighted by molar-refractivity contribution is 7.98. The van der Waals surface area contributed by atoms with Crippen molar-refractivity contribution in [3.05, 3.63) is 0 Å². The fourth-order valence-corrected chi connectivity index (χ4v) is 2.27. The van der Waals surface area contributed by atoms with Gasteiger partial charge in [-0.15, -0.1) is 0 Å². The van der Waals surface area contributed by atoms with E-state index in [1.54, 1.807) is 16.7 Å². The molecule has 1 aliphatic heterocycles. The molecule has 0 bridgehead atoms. The van der Waals surface area contributed by atoms with Gasteiger partial charge in [-0.25, -0.2) is 4.79 Å². The molecule has 0 unspecified atom stereocenters. The summed E-state index contributed by atoms with van der Waals surface area (Å²) in [7, 11) is 0. The van der Waals surface area contributed by atoms with Crippen LogP contribution in [-0.2, 0) is 9.53 Å². The number of carbonyl (C=O) groups excluding carboxylic acids is 2. The molecule has 0 aromatic carbocycles. The van der Waals surface area contributed by atoms with Crippen LogP contribution in [-0.4, -0.2) is 47.0 Å². The van der Waals surface area contributed by atoms with E-state index in [1.807, 2.05) is 27.0 Å². The molecule has 0 radical (unpaired) electrons. The van der Waals surface area contributed by atoms with Crippen molar-refractivity contribution in [1.29, 1.82) is 0 Å². The Bertz CT molecular complexity index is 299. The third-order valence-corrected chi connectivity index (χ3v) is 3.21. The van der Waals surface area contributed by atoms with Gasteiger partial charge in [-0.05, 0) is 39.2 Å².